The van der Waals surface area contributed by atoms with Crippen LogP contribution < -0.4 is 0 Å². The summed E-state index contributed by atoms with van der Waals surface area (Å²) < 4.78 is 18.6. The standard InChI is InChI=1S/C27H51NO5Si/c1-18(2)21-14-13-19(3)15-22(21)31-23(29)27(10)16-20(33-34(11,12)26(7,8)9)17-28(27)24(30)32-25(4,5)6/h18-22H,13-17H2,1-12H3/t19-,20+,21+,22-,27-/m0/s1. The van der Waals surface area contributed by atoms with Crippen LogP contribution in [0.5, 0.6) is 0 Å². The van der Waals surface area contributed by atoms with Crippen LogP contribution in [-0.4, -0.2) is 55.2 Å². The smallest absolute Gasteiger partial charge is 0.411 e. The third-order valence-corrected chi connectivity index (χ3v) is 12.7. The van der Waals surface area contributed by atoms with Gasteiger partial charge in [0.1, 0.15) is 17.2 Å². The molecule has 1 aliphatic heterocycles. The summed E-state index contributed by atoms with van der Waals surface area (Å²) in [5.41, 5.74) is -1.76. The fraction of sp³-hybridized carbons (Fsp3) is 0.926. The molecule has 0 aromatic rings. The predicted octanol–water partition coefficient (Wildman–Crippen LogP) is 6.78. The number of rotatable bonds is 5. The van der Waals surface area contributed by atoms with E-state index in [0.29, 0.717) is 30.7 Å². The molecule has 0 bridgehead atoms. The number of ether oxygens (including phenoxy) is 2. The Bertz CT molecular complexity index is 738. The Balaban J connectivity index is 2.31. The van der Waals surface area contributed by atoms with Crippen LogP contribution in [0.2, 0.25) is 18.1 Å². The van der Waals surface area contributed by atoms with Crippen molar-refractivity contribution in [1.82, 2.24) is 4.90 Å². The summed E-state index contributed by atoms with van der Waals surface area (Å²) in [6.07, 6.45) is 2.71. The molecule has 6 nitrogen and oxygen atoms in total. The first-order chi connectivity index (χ1) is 15.3. The Hall–Kier alpha value is -1.08. The van der Waals surface area contributed by atoms with Crippen LogP contribution in [0.3, 0.4) is 0 Å². The van der Waals surface area contributed by atoms with Gasteiger partial charge in [0.15, 0.2) is 8.32 Å². The summed E-state index contributed by atoms with van der Waals surface area (Å²) in [5, 5.41) is 0.0337. The Morgan fingerprint density at radius 3 is 2.15 bits per heavy atom. The molecule has 1 heterocycles. The lowest BCUT2D eigenvalue weighted by Gasteiger charge is -2.40. The van der Waals surface area contributed by atoms with Gasteiger partial charge in [0.25, 0.3) is 0 Å². The monoisotopic (exact) mass is 497 g/mol. The first kappa shape index (κ1) is 29.1. The lowest BCUT2D eigenvalue weighted by Crippen LogP contribution is -2.54. The number of esters is 1. The SMILES string of the molecule is CC(C)[C@H]1CC[C@H](C)C[C@@H]1OC(=O)[C@]1(C)C[C@@H](O[Si](C)(C)C(C)(C)C)CN1C(=O)OC(C)(C)C. The van der Waals surface area contributed by atoms with Crippen LogP contribution >= 0.6 is 0 Å². The molecule has 2 rings (SSSR count). The fourth-order valence-electron chi connectivity index (χ4n) is 5.00. The number of carbonyl (C=O) groups is 2. The van der Waals surface area contributed by atoms with Crippen LogP contribution in [-0.2, 0) is 18.7 Å². The largest absolute Gasteiger partial charge is 0.460 e. The molecule has 1 saturated carbocycles. The molecule has 0 unspecified atom stereocenters. The minimum atomic E-state index is -2.09. The normalized spacial score (nSPS) is 31.0. The number of hydrogen-bond donors (Lipinski definition) is 0. The molecule has 198 valence electrons. The van der Waals surface area contributed by atoms with Gasteiger partial charge in [0.05, 0.1) is 12.6 Å². The number of hydrogen-bond acceptors (Lipinski definition) is 5. The van der Waals surface area contributed by atoms with E-state index in [0.717, 1.165) is 12.8 Å². The van der Waals surface area contributed by atoms with Gasteiger partial charge in [-0.3, -0.25) is 4.90 Å². The van der Waals surface area contributed by atoms with Crippen molar-refractivity contribution in [1.29, 1.82) is 0 Å². The Morgan fingerprint density at radius 1 is 1.06 bits per heavy atom. The average molecular weight is 498 g/mol. The molecule has 0 radical (unpaired) electrons. The van der Waals surface area contributed by atoms with E-state index < -0.39 is 25.6 Å². The zero-order chi connectivity index (χ0) is 26.3. The van der Waals surface area contributed by atoms with Gasteiger partial charge in [-0.25, -0.2) is 9.59 Å². The van der Waals surface area contributed by atoms with Crippen molar-refractivity contribution < 1.29 is 23.5 Å². The fourth-order valence-corrected chi connectivity index (χ4v) is 6.34. The third-order valence-electron chi connectivity index (χ3n) is 8.15. The van der Waals surface area contributed by atoms with Crippen molar-refractivity contribution in [2.24, 2.45) is 17.8 Å². The van der Waals surface area contributed by atoms with Crippen molar-refractivity contribution in [2.75, 3.05) is 6.54 Å². The number of amides is 1. The van der Waals surface area contributed by atoms with Crippen molar-refractivity contribution in [3.05, 3.63) is 0 Å². The molecule has 1 saturated heterocycles. The van der Waals surface area contributed by atoms with Gasteiger partial charge < -0.3 is 13.9 Å². The Labute approximate surface area is 209 Å². The molecule has 1 amide bonds. The average Bonchev–Trinajstić information content (AvgIpc) is 2.96. The summed E-state index contributed by atoms with van der Waals surface area (Å²) in [6, 6.07) is 0. The predicted molar refractivity (Wildman–Crippen MR) is 139 cm³/mol. The van der Waals surface area contributed by atoms with Gasteiger partial charge in [-0.1, -0.05) is 48.0 Å². The topological polar surface area (TPSA) is 65.1 Å². The van der Waals surface area contributed by atoms with Gasteiger partial charge in [-0.15, -0.1) is 0 Å². The number of likely N-dealkylation sites (tertiary alicyclic amines) is 1. The van der Waals surface area contributed by atoms with E-state index in [1.165, 1.54) is 6.42 Å². The van der Waals surface area contributed by atoms with E-state index in [-0.39, 0.29) is 23.2 Å². The maximum absolute atomic E-state index is 13.8. The molecule has 2 fully saturated rings. The van der Waals surface area contributed by atoms with Crippen molar-refractivity contribution in [3.63, 3.8) is 0 Å². The summed E-state index contributed by atoms with van der Waals surface area (Å²) in [5.74, 6) is 0.989. The second-order valence-corrected chi connectivity index (χ2v) is 18.6. The first-order valence-electron chi connectivity index (χ1n) is 13.2. The number of carbonyl (C=O) groups excluding carboxylic acids is 2. The van der Waals surface area contributed by atoms with Crippen molar-refractivity contribution in [2.45, 2.75) is 136 Å². The highest BCUT2D eigenvalue weighted by molar-refractivity contribution is 6.74. The van der Waals surface area contributed by atoms with E-state index in [1.807, 2.05) is 27.7 Å². The summed E-state index contributed by atoms with van der Waals surface area (Å²) in [7, 11) is -2.09. The maximum Gasteiger partial charge on any atom is 0.411 e. The zero-order valence-corrected chi connectivity index (χ0v) is 24.9. The molecular weight excluding hydrogens is 446 g/mol. The zero-order valence-electron chi connectivity index (χ0n) is 23.9. The summed E-state index contributed by atoms with van der Waals surface area (Å²) >= 11 is 0. The van der Waals surface area contributed by atoms with Crippen molar-refractivity contribution in [3.8, 4) is 0 Å². The molecule has 0 spiro atoms. The third kappa shape index (κ3) is 6.77. The highest BCUT2D eigenvalue weighted by atomic mass is 28.4. The van der Waals surface area contributed by atoms with Gasteiger partial charge in [-0.05, 0) is 76.4 Å². The van der Waals surface area contributed by atoms with E-state index in [2.05, 4.69) is 54.6 Å². The van der Waals surface area contributed by atoms with Crippen LogP contribution in [0.15, 0.2) is 0 Å². The quantitative estimate of drug-likeness (QED) is 0.309. The lowest BCUT2D eigenvalue weighted by atomic mass is 9.75. The molecule has 0 aromatic heterocycles. The van der Waals surface area contributed by atoms with Gasteiger partial charge in [-0.2, -0.15) is 0 Å². The summed E-state index contributed by atoms with van der Waals surface area (Å²) in [4.78, 5) is 28.6. The molecule has 0 N–H and O–H groups in total. The van der Waals surface area contributed by atoms with E-state index in [1.54, 1.807) is 4.90 Å². The van der Waals surface area contributed by atoms with Gasteiger partial charge in [0, 0.05) is 6.42 Å². The van der Waals surface area contributed by atoms with Crippen LogP contribution in [0.1, 0.15) is 94.9 Å². The minimum Gasteiger partial charge on any atom is -0.460 e. The molecule has 1 aliphatic carbocycles. The van der Waals surface area contributed by atoms with Gasteiger partial charge in [0.2, 0.25) is 0 Å². The second kappa shape index (κ2) is 10.1. The molecule has 34 heavy (non-hydrogen) atoms. The first-order valence-corrected chi connectivity index (χ1v) is 16.1. The van der Waals surface area contributed by atoms with E-state index >= 15 is 0 Å². The molecule has 0 aromatic carbocycles. The van der Waals surface area contributed by atoms with Crippen LogP contribution in [0.25, 0.3) is 0 Å². The highest BCUT2D eigenvalue weighted by Gasteiger charge is 2.55. The second-order valence-electron chi connectivity index (χ2n) is 13.8. The number of nitrogens with zero attached hydrogens (tertiary/aromatic N) is 1. The Kier molecular flexibility index (Phi) is 8.67. The molecule has 5 atom stereocenters. The van der Waals surface area contributed by atoms with E-state index in [9.17, 15) is 9.59 Å². The lowest BCUT2D eigenvalue weighted by molar-refractivity contribution is -0.167. The maximum atomic E-state index is 13.8. The van der Waals surface area contributed by atoms with Crippen LogP contribution in [0, 0.1) is 17.8 Å². The van der Waals surface area contributed by atoms with E-state index in [4.69, 9.17) is 13.9 Å². The summed E-state index contributed by atoms with van der Waals surface area (Å²) in [6.45, 7) is 25.3. The van der Waals surface area contributed by atoms with Crippen LogP contribution in [0.4, 0.5) is 4.79 Å². The Morgan fingerprint density at radius 2 is 1.65 bits per heavy atom. The van der Waals surface area contributed by atoms with Crippen molar-refractivity contribution >= 4 is 20.4 Å². The molecular formula is C27H51NO5Si. The highest BCUT2D eigenvalue weighted by Crippen LogP contribution is 2.42. The molecule has 7 heteroatoms. The minimum absolute atomic E-state index is 0.0337. The molecule has 2 aliphatic rings. The van der Waals surface area contributed by atoms with Gasteiger partial charge >= 0.3 is 12.1 Å².